The predicted octanol–water partition coefficient (Wildman–Crippen LogP) is 2.14. The smallest absolute Gasteiger partial charge is 0.248 e. The fourth-order valence-electron chi connectivity index (χ4n) is 1.90. The molecule has 1 aromatic carbocycles. The number of guanidine groups is 1. The standard InChI is InChI=1S/C16H23N5O3.HI/c1-4-17-16(19-11-15-20-12(2)21-24-15)18-9-10-23-14-7-5-13(22-3)6-8-14;/h5-8H,4,9-11H2,1-3H3,(H2,17,18,19);1H. The third-order valence-electron chi connectivity index (χ3n) is 3.01. The van der Waals surface area contributed by atoms with Gasteiger partial charge in [0.15, 0.2) is 11.8 Å². The number of rotatable bonds is 8. The summed E-state index contributed by atoms with van der Waals surface area (Å²) in [6, 6.07) is 7.47. The Kier molecular flexibility index (Phi) is 9.66. The maximum Gasteiger partial charge on any atom is 0.248 e. The molecule has 2 N–H and O–H groups in total. The SMILES string of the molecule is CCNC(=NCc1nc(C)no1)NCCOc1ccc(OC)cc1.I. The molecule has 0 aliphatic rings. The first kappa shape index (κ1) is 21.0. The van der Waals surface area contributed by atoms with Gasteiger partial charge in [0.2, 0.25) is 5.89 Å². The molecular formula is C16H24IN5O3. The number of aromatic nitrogens is 2. The Balaban J connectivity index is 0.00000312. The highest BCUT2D eigenvalue weighted by atomic mass is 127. The number of hydrogen-bond donors (Lipinski definition) is 2. The van der Waals surface area contributed by atoms with E-state index in [1.807, 2.05) is 31.2 Å². The highest BCUT2D eigenvalue weighted by Gasteiger charge is 2.03. The first-order valence-corrected chi connectivity index (χ1v) is 7.79. The van der Waals surface area contributed by atoms with E-state index in [4.69, 9.17) is 14.0 Å². The summed E-state index contributed by atoms with van der Waals surface area (Å²) in [6.07, 6.45) is 0. The number of nitrogens with one attached hydrogen (secondary N) is 2. The van der Waals surface area contributed by atoms with Crippen molar-refractivity contribution in [1.82, 2.24) is 20.8 Å². The van der Waals surface area contributed by atoms with E-state index in [0.29, 0.717) is 37.4 Å². The van der Waals surface area contributed by atoms with Crippen LogP contribution in [-0.2, 0) is 6.54 Å². The Morgan fingerprint density at radius 2 is 1.92 bits per heavy atom. The Bertz CT molecular complexity index is 645. The van der Waals surface area contributed by atoms with Crippen LogP contribution in [0.1, 0.15) is 18.6 Å². The number of benzene rings is 1. The van der Waals surface area contributed by atoms with Crippen LogP contribution in [0, 0.1) is 6.92 Å². The molecule has 0 aliphatic carbocycles. The molecule has 0 aliphatic heterocycles. The lowest BCUT2D eigenvalue weighted by Crippen LogP contribution is -2.39. The summed E-state index contributed by atoms with van der Waals surface area (Å²) in [4.78, 5) is 8.51. The van der Waals surface area contributed by atoms with Gasteiger partial charge in [-0.25, -0.2) is 4.99 Å². The molecule has 0 saturated carbocycles. The Hall–Kier alpha value is -2.04. The lowest BCUT2D eigenvalue weighted by atomic mass is 10.3. The molecule has 9 heteroatoms. The summed E-state index contributed by atoms with van der Waals surface area (Å²) < 4.78 is 15.8. The summed E-state index contributed by atoms with van der Waals surface area (Å²) in [5.74, 6) is 3.36. The van der Waals surface area contributed by atoms with Crippen molar-refractivity contribution >= 4 is 29.9 Å². The van der Waals surface area contributed by atoms with Gasteiger partial charge >= 0.3 is 0 Å². The molecule has 0 saturated heterocycles. The van der Waals surface area contributed by atoms with E-state index in [2.05, 4.69) is 25.8 Å². The maximum atomic E-state index is 5.66. The first-order valence-electron chi connectivity index (χ1n) is 7.79. The number of methoxy groups -OCH3 is 1. The van der Waals surface area contributed by atoms with Crippen molar-refractivity contribution in [2.24, 2.45) is 4.99 Å². The molecular weight excluding hydrogens is 437 g/mol. The second-order valence-electron chi connectivity index (χ2n) is 4.88. The Morgan fingerprint density at radius 1 is 1.20 bits per heavy atom. The average molecular weight is 461 g/mol. The van der Waals surface area contributed by atoms with Crippen LogP contribution in [0.5, 0.6) is 11.5 Å². The molecule has 2 rings (SSSR count). The van der Waals surface area contributed by atoms with Gasteiger partial charge in [-0.1, -0.05) is 5.16 Å². The van der Waals surface area contributed by atoms with E-state index in [1.165, 1.54) is 0 Å². The van der Waals surface area contributed by atoms with Gasteiger partial charge in [-0.15, -0.1) is 24.0 Å². The molecule has 0 amide bonds. The van der Waals surface area contributed by atoms with Crippen LogP contribution in [0.4, 0.5) is 0 Å². The van der Waals surface area contributed by atoms with Crippen molar-refractivity contribution in [2.45, 2.75) is 20.4 Å². The van der Waals surface area contributed by atoms with Crippen molar-refractivity contribution in [3.05, 3.63) is 36.0 Å². The summed E-state index contributed by atoms with van der Waals surface area (Å²) in [5, 5.41) is 10.1. The van der Waals surface area contributed by atoms with Gasteiger partial charge in [0.05, 0.1) is 13.7 Å². The van der Waals surface area contributed by atoms with Crippen LogP contribution in [0.15, 0.2) is 33.8 Å². The lowest BCUT2D eigenvalue weighted by Gasteiger charge is -2.11. The second-order valence-corrected chi connectivity index (χ2v) is 4.88. The monoisotopic (exact) mass is 461 g/mol. The molecule has 8 nitrogen and oxygen atoms in total. The van der Waals surface area contributed by atoms with Gasteiger partial charge in [-0.3, -0.25) is 0 Å². The number of nitrogens with zero attached hydrogens (tertiary/aromatic N) is 3. The first-order chi connectivity index (χ1) is 11.7. The van der Waals surface area contributed by atoms with Crippen LogP contribution < -0.4 is 20.1 Å². The largest absolute Gasteiger partial charge is 0.497 e. The number of aryl methyl sites for hydroxylation is 1. The van der Waals surface area contributed by atoms with Crippen molar-refractivity contribution in [3.8, 4) is 11.5 Å². The lowest BCUT2D eigenvalue weighted by molar-refractivity contribution is 0.321. The summed E-state index contributed by atoms with van der Waals surface area (Å²) >= 11 is 0. The molecule has 2 aromatic rings. The van der Waals surface area contributed by atoms with E-state index < -0.39 is 0 Å². The summed E-state index contributed by atoms with van der Waals surface area (Å²) in [5.41, 5.74) is 0. The molecule has 138 valence electrons. The highest BCUT2D eigenvalue weighted by Crippen LogP contribution is 2.16. The minimum atomic E-state index is 0. The normalized spacial score (nSPS) is 10.8. The van der Waals surface area contributed by atoms with Crippen LogP contribution >= 0.6 is 24.0 Å². The molecule has 1 heterocycles. The summed E-state index contributed by atoms with van der Waals surface area (Å²) in [7, 11) is 1.64. The number of ether oxygens (including phenoxy) is 2. The van der Waals surface area contributed by atoms with Crippen LogP contribution in [0.3, 0.4) is 0 Å². The van der Waals surface area contributed by atoms with Crippen molar-refractivity contribution < 1.29 is 14.0 Å². The van der Waals surface area contributed by atoms with E-state index in [-0.39, 0.29) is 24.0 Å². The van der Waals surface area contributed by atoms with Gasteiger partial charge in [-0.05, 0) is 38.1 Å². The third kappa shape index (κ3) is 7.59. The van der Waals surface area contributed by atoms with Crippen molar-refractivity contribution in [1.29, 1.82) is 0 Å². The van der Waals surface area contributed by atoms with Crippen LogP contribution in [0.25, 0.3) is 0 Å². The van der Waals surface area contributed by atoms with E-state index in [1.54, 1.807) is 14.0 Å². The fourth-order valence-corrected chi connectivity index (χ4v) is 1.90. The minimum absolute atomic E-state index is 0. The van der Waals surface area contributed by atoms with Crippen LogP contribution in [-0.4, -0.2) is 42.9 Å². The van der Waals surface area contributed by atoms with Crippen molar-refractivity contribution in [3.63, 3.8) is 0 Å². The molecule has 25 heavy (non-hydrogen) atoms. The molecule has 1 aromatic heterocycles. The number of halogens is 1. The molecule has 0 atom stereocenters. The molecule has 0 bridgehead atoms. The van der Waals surface area contributed by atoms with Crippen molar-refractivity contribution in [2.75, 3.05) is 26.8 Å². The Labute approximate surface area is 164 Å². The van der Waals surface area contributed by atoms with Crippen LogP contribution in [0.2, 0.25) is 0 Å². The van der Waals surface area contributed by atoms with Gasteiger partial charge in [-0.2, -0.15) is 4.98 Å². The van der Waals surface area contributed by atoms with E-state index >= 15 is 0 Å². The zero-order chi connectivity index (χ0) is 17.2. The third-order valence-corrected chi connectivity index (χ3v) is 3.01. The highest BCUT2D eigenvalue weighted by molar-refractivity contribution is 14.0. The predicted molar refractivity (Wildman–Crippen MR) is 106 cm³/mol. The molecule has 0 unspecified atom stereocenters. The van der Waals surface area contributed by atoms with Gasteiger partial charge < -0.3 is 24.6 Å². The zero-order valence-electron chi connectivity index (χ0n) is 14.6. The van der Waals surface area contributed by atoms with Gasteiger partial charge in [0, 0.05) is 6.54 Å². The van der Waals surface area contributed by atoms with Gasteiger partial charge in [0.1, 0.15) is 24.7 Å². The molecule has 0 fully saturated rings. The second kappa shape index (κ2) is 11.5. The molecule has 0 radical (unpaired) electrons. The van der Waals surface area contributed by atoms with Gasteiger partial charge in [0.25, 0.3) is 0 Å². The van der Waals surface area contributed by atoms with E-state index in [0.717, 1.165) is 18.0 Å². The maximum absolute atomic E-state index is 5.66. The average Bonchev–Trinajstić information content (AvgIpc) is 3.02. The zero-order valence-corrected chi connectivity index (χ0v) is 16.9. The quantitative estimate of drug-likeness (QED) is 0.269. The molecule has 0 spiro atoms. The van der Waals surface area contributed by atoms with E-state index in [9.17, 15) is 0 Å². The Morgan fingerprint density at radius 3 is 2.52 bits per heavy atom. The number of hydrogen-bond acceptors (Lipinski definition) is 6. The summed E-state index contributed by atoms with van der Waals surface area (Å²) in [6.45, 7) is 5.99. The minimum Gasteiger partial charge on any atom is -0.497 e. The number of aliphatic imine (C=N–C) groups is 1. The fraction of sp³-hybridized carbons (Fsp3) is 0.438. The topological polar surface area (TPSA) is 93.8 Å².